The van der Waals surface area contributed by atoms with Gasteiger partial charge in [-0.2, -0.15) is 13.2 Å². The molecule has 88 valence electrons. The lowest BCUT2D eigenvalue weighted by atomic mass is 10.1. The molecule has 0 aromatic heterocycles. The van der Waals surface area contributed by atoms with Crippen LogP contribution in [0.4, 0.5) is 13.2 Å². The van der Waals surface area contributed by atoms with Crippen LogP contribution in [0.3, 0.4) is 0 Å². The summed E-state index contributed by atoms with van der Waals surface area (Å²) in [4.78, 5) is 10.5. The molecule has 0 aliphatic rings. The molecule has 0 aliphatic heterocycles. The number of aromatic carboxylic acids is 1. The molecular weight excluding hydrogens is 223 g/mol. The Morgan fingerprint density at radius 1 is 1.25 bits per heavy atom. The molecule has 0 atom stereocenters. The molecule has 0 radical (unpaired) electrons. The van der Waals surface area contributed by atoms with Crippen molar-refractivity contribution >= 4 is 5.97 Å². The summed E-state index contributed by atoms with van der Waals surface area (Å²) in [5.41, 5.74) is 0.717. The number of rotatable bonds is 4. The van der Waals surface area contributed by atoms with Crippen LogP contribution >= 0.6 is 0 Å². The molecule has 0 saturated carbocycles. The summed E-state index contributed by atoms with van der Waals surface area (Å²) in [5.74, 6) is -1.06. The summed E-state index contributed by atoms with van der Waals surface area (Å²) in [5, 5.41) is 10.8. The minimum Gasteiger partial charge on any atom is -0.478 e. The smallest absolute Gasteiger partial charge is 0.401 e. The molecule has 0 spiro atoms. The van der Waals surface area contributed by atoms with Crippen molar-refractivity contribution < 1.29 is 23.1 Å². The van der Waals surface area contributed by atoms with Gasteiger partial charge in [-0.05, 0) is 17.7 Å². The zero-order valence-electron chi connectivity index (χ0n) is 8.21. The summed E-state index contributed by atoms with van der Waals surface area (Å²) in [6.07, 6.45) is -4.24. The van der Waals surface area contributed by atoms with Crippen LogP contribution in [0.15, 0.2) is 24.3 Å². The van der Waals surface area contributed by atoms with Gasteiger partial charge in [0.1, 0.15) is 0 Å². The fourth-order valence-electron chi connectivity index (χ4n) is 1.11. The lowest BCUT2D eigenvalue weighted by Gasteiger charge is -2.08. The molecule has 1 aromatic rings. The van der Waals surface area contributed by atoms with Crippen molar-refractivity contribution in [2.75, 3.05) is 6.54 Å². The predicted octanol–water partition coefficient (Wildman–Crippen LogP) is 2.04. The molecule has 1 aromatic carbocycles. The van der Waals surface area contributed by atoms with Crippen molar-refractivity contribution in [1.29, 1.82) is 0 Å². The third-order valence-corrected chi connectivity index (χ3v) is 1.86. The maximum atomic E-state index is 11.8. The number of hydrogen-bond acceptors (Lipinski definition) is 2. The fraction of sp³-hybridized carbons (Fsp3) is 0.300. The van der Waals surface area contributed by atoms with Crippen molar-refractivity contribution in [3.8, 4) is 0 Å². The predicted molar refractivity (Wildman–Crippen MR) is 51.2 cm³/mol. The molecule has 0 bridgehead atoms. The maximum Gasteiger partial charge on any atom is 0.401 e. The largest absolute Gasteiger partial charge is 0.478 e. The van der Waals surface area contributed by atoms with Gasteiger partial charge in [-0.1, -0.05) is 12.1 Å². The van der Waals surface area contributed by atoms with Crippen LogP contribution in [0.2, 0.25) is 0 Å². The highest BCUT2D eigenvalue weighted by atomic mass is 19.4. The van der Waals surface area contributed by atoms with Gasteiger partial charge in [0.15, 0.2) is 0 Å². The number of nitrogens with one attached hydrogen (secondary N) is 1. The van der Waals surface area contributed by atoms with Crippen molar-refractivity contribution in [2.24, 2.45) is 0 Å². The first kappa shape index (κ1) is 12.5. The lowest BCUT2D eigenvalue weighted by Crippen LogP contribution is -2.28. The van der Waals surface area contributed by atoms with E-state index in [-0.39, 0.29) is 12.1 Å². The Morgan fingerprint density at radius 3 is 2.25 bits per heavy atom. The first-order valence-corrected chi connectivity index (χ1v) is 4.48. The summed E-state index contributed by atoms with van der Waals surface area (Å²) in [6, 6.07) is 5.67. The number of hydrogen-bond donors (Lipinski definition) is 2. The van der Waals surface area contributed by atoms with Crippen LogP contribution in [-0.4, -0.2) is 23.8 Å². The summed E-state index contributed by atoms with van der Waals surface area (Å²) >= 11 is 0. The van der Waals surface area contributed by atoms with Gasteiger partial charge in [-0.25, -0.2) is 4.79 Å². The molecule has 0 unspecified atom stereocenters. The summed E-state index contributed by atoms with van der Waals surface area (Å²) < 4.78 is 35.4. The van der Waals surface area contributed by atoms with Crippen molar-refractivity contribution in [3.05, 3.63) is 35.4 Å². The molecule has 6 heteroatoms. The van der Waals surface area contributed by atoms with E-state index < -0.39 is 18.7 Å². The number of alkyl halides is 3. The van der Waals surface area contributed by atoms with Crippen molar-refractivity contribution in [1.82, 2.24) is 5.32 Å². The van der Waals surface area contributed by atoms with Crippen LogP contribution < -0.4 is 5.32 Å². The molecule has 2 N–H and O–H groups in total. The fourth-order valence-corrected chi connectivity index (χ4v) is 1.11. The third-order valence-electron chi connectivity index (χ3n) is 1.86. The van der Waals surface area contributed by atoms with Gasteiger partial charge in [0.05, 0.1) is 12.1 Å². The monoisotopic (exact) mass is 233 g/mol. The van der Waals surface area contributed by atoms with E-state index in [0.29, 0.717) is 5.56 Å². The van der Waals surface area contributed by atoms with Gasteiger partial charge in [-0.3, -0.25) is 0 Å². The van der Waals surface area contributed by atoms with Crippen LogP contribution in [0.1, 0.15) is 15.9 Å². The molecule has 0 amide bonds. The average Bonchev–Trinajstić information content (AvgIpc) is 2.16. The van der Waals surface area contributed by atoms with E-state index >= 15 is 0 Å². The van der Waals surface area contributed by atoms with Gasteiger partial charge in [-0.15, -0.1) is 0 Å². The van der Waals surface area contributed by atoms with Gasteiger partial charge in [0.2, 0.25) is 0 Å². The Kier molecular flexibility index (Phi) is 3.89. The first-order valence-electron chi connectivity index (χ1n) is 4.48. The highest BCUT2D eigenvalue weighted by Crippen LogP contribution is 2.12. The number of carboxylic acid groups (broad SMARTS) is 1. The number of carbonyl (C=O) groups is 1. The average molecular weight is 233 g/mol. The second-order valence-corrected chi connectivity index (χ2v) is 3.22. The standard InChI is InChI=1S/C10H10F3NO2/c11-10(12,13)6-14-5-7-1-3-8(4-2-7)9(15)16/h1-4,14H,5-6H2,(H,15,16). The molecule has 0 heterocycles. The molecule has 3 nitrogen and oxygen atoms in total. The van der Waals surface area contributed by atoms with Crippen molar-refractivity contribution in [2.45, 2.75) is 12.7 Å². The highest BCUT2D eigenvalue weighted by molar-refractivity contribution is 5.87. The SMILES string of the molecule is O=C(O)c1ccc(CNCC(F)(F)F)cc1. The first-order chi connectivity index (χ1) is 7.38. The van der Waals surface area contributed by atoms with E-state index in [0.717, 1.165) is 0 Å². The van der Waals surface area contributed by atoms with Crippen LogP contribution in [-0.2, 0) is 6.54 Å². The summed E-state index contributed by atoms with van der Waals surface area (Å²) in [6.45, 7) is -1.01. The van der Waals surface area contributed by atoms with Crippen LogP contribution in [0.25, 0.3) is 0 Å². The second-order valence-electron chi connectivity index (χ2n) is 3.22. The van der Waals surface area contributed by atoms with E-state index in [9.17, 15) is 18.0 Å². The Morgan fingerprint density at radius 2 is 1.81 bits per heavy atom. The third kappa shape index (κ3) is 4.31. The molecule has 0 fully saturated rings. The Hall–Kier alpha value is -1.56. The minimum atomic E-state index is -4.24. The van der Waals surface area contributed by atoms with Gasteiger partial charge < -0.3 is 10.4 Å². The van der Waals surface area contributed by atoms with E-state index in [1.165, 1.54) is 24.3 Å². The Labute approximate surface area is 89.9 Å². The van der Waals surface area contributed by atoms with Gasteiger partial charge in [0.25, 0.3) is 0 Å². The summed E-state index contributed by atoms with van der Waals surface area (Å²) in [7, 11) is 0. The van der Waals surface area contributed by atoms with Crippen LogP contribution in [0, 0.1) is 0 Å². The Bertz CT molecular complexity index is 359. The number of benzene rings is 1. The van der Waals surface area contributed by atoms with E-state index in [1.54, 1.807) is 0 Å². The van der Waals surface area contributed by atoms with E-state index in [1.807, 2.05) is 0 Å². The van der Waals surface area contributed by atoms with Crippen molar-refractivity contribution in [3.63, 3.8) is 0 Å². The molecule has 0 saturated heterocycles. The second kappa shape index (κ2) is 4.98. The molecule has 16 heavy (non-hydrogen) atoms. The van der Waals surface area contributed by atoms with E-state index in [2.05, 4.69) is 5.32 Å². The zero-order valence-corrected chi connectivity index (χ0v) is 8.21. The zero-order chi connectivity index (χ0) is 12.2. The number of carboxylic acids is 1. The normalized spacial score (nSPS) is 11.4. The molecular formula is C10H10F3NO2. The maximum absolute atomic E-state index is 11.8. The Balaban J connectivity index is 2.47. The van der Waals surface area contributed by atoms with Crippen LogP contribution in [0.5, 0.6) is 0 Å². The molecule has 0 aliphatic carbocycles. The quantitative estimate of drug-likeness (QED) is 0.836. The van der Waals surface area contributed by atoms with Gasteiger partial charge >= 0.3 is 12.1 Å². The highest BCUT2D eigenvalue weighted by Gasteiger charge is 2.25. The topological polar surface area (TPSA) is 49.3 Å². The lowest BCUT2D eigenvalue weighted by molar-refractivity contribution is -0.125. The molecule has 1 rings (SSSR count). The van der Waals surface area contributed by atoms with Gasteiger partial charge in [0, 0.05) is 6.54 Å². The minimum absolute atomic E-state index is 0.0550. The van der Waals surface area contributed by atoms with E-state index in [4.69, 9.17) is 5.11 Å². The number of halogens is 3.